The van der Waals surface area contributed by atoms with Gasteiger partial charge in [0.2, 0.25) is 0 Å². The van der Waals surface area contributed by atoms with Gasteiger partial charge < -0.3 is 4.74 Å². The predicted molar refractivity (Wildman–Crippen MR) is 170 cm³/mol. The van der Waals surface area contributed by atoms with Gasteiger partial charge in [0.1, 0.15) is 6.07 Å². The topological polar surface area (TPSA) is 84.2 Å². The third-order valence-electron chi connectivity index (χ3n) is 11.6. The molecular formula is C37H59NO4. The molecule has 0 aliphatic heterocycles. The Morgan fingerprint density at radius 1 is 1.00 bits per heavy atom. The standard InChI is InChI=1S/C37H59NO4/c1-13-15-32(4,5)17-19-35(10,21-22-42-27(3)40)20-18-33(6,7)37(12)16-14-29-34(8,9)31(41)28(25-38)24-36(29,11)30(37)23-26(2)39/h23-24,29H,13-22H2,1-12H3/b30-23-/t29-,35-,36-,37+/m0/s1. The molecule has 0 heterocycles. The second-order valence-electron chi connectivity index (χ2n) is 16.3. The number of ketones is 2. The van der Waals surface area contributed by atoms with E-state index in [1.807, 2.05) is 26.0 Å². The molecule has 0 radical (unpaired) electrons. The molecule has 1 saturated carbocycles. The van der Waals surface area contributed by atoms with Gasteiger partial charge in [-0.25, -0.2) is 0 Å². The second-order valence-corrected chi connectivity index (χ2v) is 16.3. The summed E-state index contributed by atoms with van der Waals surface area (Å²) in [6.07, 6.45) is 12.7. The van der Waals surface area contributed by atoms with Crippen molar-refractivity contribution in [2.75, 3.05) is 6.61 Å². The fourth-order valence-corrected chi connectivity index (χ4v) is 8.26. The largest absolute Gasteiger partial charge is 0.466 e. The minimum Gasteiger partial charge on any atom is -0.466 e. The number of nitriles is 1. The fourth-order valence-electron chi connectivity index (χ4n) is 8.26. The van der Waals surface area contributed by atoms with Crippen molar-refractivity contribution in [1.29, 1.82) is 5.26 Å². The SMILES string of the molecule is CCCC(C)(C)CC[C@](C)(CCOC(C)=O)CCC(C)(C)[C@]1(C)CC[C@H]2C(C)(C)C(=O)C(C#N)=C[C@]2(C)/C1=C/C(C)=O. The highest BCUT2D eigenvalue weighted by molar-refractivity contribution is 6.04. The van der Waals surface area contributed by atoms with Crippen molar-refractivity contribution in [1.82, 2.24) is 0 Å². The molecule has 5 heteroatoms. The van der Waals surface area contributed by atoms with E-state index in [1.165, 1.54) is 13.3 Å². The van der Waals surface area contributed by atoms with Gasteiger partial charge in [0.15, 0.2) is 11.6 Å². The summed E-state index contributed by atoms with van der Waals surface area (Å²) in [5.41, 5.74) is -0.193. The maximum Gasteiger partial charge on any atom is 0.302 e. The van der Waals surface area contributed by atoms with Crippen LogP contribution in [0.1, 0.15) is 141 Å². The summed E-state index contributed by atoms with van der Waals surface area (Å²) >= 11 is 0. The van der Waals surface area contributed by atoms with Crippen LogP contribution in [0.4, 0.5) is 0 Å². The third kappa shape index (κ3) is 7.46. The minimum atomic E-state index is -0.684. The average molecular weight is 582 g/mol. The van der Waals surface area contributed by atoms with Gasteiger partial charge in [0, 0.05) is 17.8 Å². The highest BCUT2D eigenvalue weighted by Crippen LogP contribution is 2.67. The van der Waals surface area contributed by atoms with Crippen molar-refractivity contribution in [3.63, 3.8) is 0 Å². The molecular weight excluding hydrogens is 522 g/mol. The van der Waals surface area contributed by atoms with Gasteiger partial charge in [-0.05, 0) is 91.9 Å². The molecule has 0 bridgehead atoms. The van der Waals surface area contributed by atoms with E-state index in [4.69, 9.17) is 4.74 Å². The molecule has 2 rings (SSSR count). The Hall–Kier alpha value is -2.22. The van der Waals surface area contributed by atoms with Crippen molar-refractivity contribution < 1.29 is 19.1 Å². The van der Waals surface area contributed by atoms with E-state index in [0.29, 0.717) is 6.61 Å². The summed E-state index contributed by atoms with van der Waals surface area (Å²) < 4.78 is 5.42. The first-order chi connectivity index (χ1) is 19.1. The molecule has 0 amide bonds. The van der Waals surface area contributed by atoms with Crippen molar-refractivity contribution in [3.05, 3.63) is 23.3 Å². The quantitative estimate of drug-likeness (QED) is 0.160. The number of allylic oxidation sites excluding steroid dienone is 4. The van der Waals surface area contributed by atoms with Crippen molar-refractivity contribution in [3.8, 4) is 6.07 Å². The molecule has 0 saturated heterocycles. The number of rotatable bonds is 13. The van der Waals surface area contributed by atoms with Crippen LogP contribution in [0.15, 0.2) is 23.3 Å². The molecule has 0 unspecified atom stereocenters. The number of esters is 1. The number of hydrogen-bond donors (Lipinski definition) is 0. The van der Waals surface area contributed by atoms with Gasteiger partial charge in [-0.2, -0.15) is 5.26 Å². The monoisotopic (exact) mass is 581 g/mol. The number of nitrogens with zero attached hydrogens (tertiary/aromatic N) is 1. The Labute approximate surface area is 256 Å². The zero-order valence-electron chi connectivity index (χ0n) is 28.9. The van der Waals surface area contributed by atoms with E-state index < -0.39 is 10.8 Å². The van der Waals surface area contributed by atoms with E-state index in [-0.39, 0.29) is 50.7 Å². The second kappa shape index (κ2) is 12.8. The average Bonchev–Trinajstić information content (AvgIpc) is 2.86. The lowest BCUT2D eigenvalue weighted by molar-refractivity contribution is -0.142. The Kier molecular flexibility index (Phi) is 11.0. The van der Waals surface area contributed by atoms with Gasteiger partial charge in [0.25, 0.3) is 0 Å². The highest BCUT2D eigenvalue weighted by atomic mass is 16.5. The van der Waals surface area contributed by atoms with Crippen LogP contribution in [0.3, 0.4) is 0 Å². The van der Waals surface area contributed by atoms with Gasteiger partial charge in [0.05, 0.1) is 12.2 Å². The normalized spacial score (nSPS) is 28.4. The van der Waals surface area contributed by atoms with Crippen molar-refractivity contribution in [2.45, 2.75) is 141 Å². The van der Waals surface area contributed by atoms with Crippen LogP contribution in [0, 0.1) is 49.7 Å². The van der Waals surface area contributed by atoms with Gasteiger partial charge in [-0.1, -0.05) is 87.3 Å². The van der Waals surface area contributed by atoms with Crippen LogP contribution in [-0.2, 0) is 19.1 Å². The molecule has 0 spiro atoms. The lowest BCUT2D eigenvalue weighted by Gasteiger charge is -2.61. The molecule has 1 fully saturated rings. The number of ether oxygens (including phenoxy) is 1. The molecule has 2 aliphatic carbocycles. The van der Waals surface area contributed by atoms with E-state index in [1.54, 1.807) is 6.92 Å². The first-order valence-electron chi connectivity index (χ1n) is 16.2. The van der Waals surface area contributed by atoms with Crippen LogP contribution >= 0.6 is 0 Å². The van der Waals surface area contributed by atoms with E-state index in [9.17, 15) is 19.6 Å². The molecule has 0 aromatic carbocycles. The van der Waals surface area contributed by atoms with Gasteiger partial charge in [-0.15, -0.1) is 0 Å². The summed E-state index contributed by atoms with van der Waals surface area (Å²) in [5.74, 6) is -0.315. The van der Waals surface area contributed by atoms with Crippen molar-refractivity contribution in [2.24, 2.45) is 38.4 Å². The maximum atomic E-state index is 13.3. The molecule has 5 nitrogen and oxygen atoms in total. The van der Waals surface area contributed by atoms with Crippen LogP contribution in [0.2, 0.25) is 0 Å². The van der Waals surface area contributed by atoms with Crippen LogP contribution in [0.5, 0.6) is 0 Å². The summed E-state index contributed by atoms with van der Waals surface area (Å²) in [6, 6.07) is 2.18. The van der Waals surface area contributed by atoms with Crippen molar-refractivity contribution >= 4 is 17.5 Å². The first kappa shape index (κ1) is 36.0. The number of carbonyl (C=O) groups is 3. The van der Waals surface area contributed by atoms with Gasteiger partial charge >= 0.3 is 5.97 Å². The Balaban J connectivity index is 2.50. The fraction of sp³-hybridized carbons (Fsp3) is 0.784. The van der Waals surface area contributed by atoms with E-state index in [0.717, 1.165) is 56.9 Å². The lowest BCUT2D eigenvalue weighted by atomic mass is 9.42. The Morgan fingerprint density at radius 3 is 2.12 bits per heavy atom. The Bertz CT molecular complexity index is 1150. The molecule has 42 heavy (non-hydrogen) atoms. The predicted octanol–water partition coefficient (Wildman–Crippen LogP) is 9.36. The summed E-state index contributed by atoms with van der Waals surface area (Å²) in [4.78, 5) is 37.6. The van der Waals surface area contributed by atoms with Crippen LogP contribution in [-0.4, -0.2) is 24.1 Å². The lowest BCUT2D eigenvalue weighted by Crippen LogP contribution is -2.55. The summed E-state index contributed by atoms with van der Waals surface area (Å²) in [6.45, 7) is 25.8. The van der Waals surface area contributed by atoms with E-state index in [2.05, 4.69) is 61.5 Å². The zero-order valence-corrected chi connectivity index (χ0v) is 28.9. The minimum absolute atomic E-state index is 0.000103. The number of fused-ring (bicyclic) bond motifs is 1. The Morgan fingerprint density at radius 2 is 1.60 bits per heavy atom. The van der Waals surface area contributed by atoms with Crippen LogP contribution in [0.25, 0.3) is 0 Å². The number of hydrogen-bond acceptors (Lipinski definition) is 5. The van der Waals surface area contributed by atoms with E-state index >= 15 is 0 Å². The molecule has 0 aromatic heterocycles. The number of Topliss-reactive ketones (excluding diaryl/α,β-unsaturated/α-hetero) is 1. The highest BCUT2D eigenvalue weighted by Gasteiger charge is 2.61. The molecule has 236 valence electrons. The molecule has 4 atom stereocenters. The maximum absolute atomic E-state index is 13.3. The molecule has 0 N–H and O–H groups in total. The van der Waals surface area contributed by atoms with Gasteiger partial charge in [-0.3, -0.25) is 14.4 Å². The van der Waals surface area contributed by atoms with Crippen LogP contribution < -0.4 is 0 Å². The first-order valence-corrected chi connectivity index (χ1v) is 16.2. The number of carbonyl (C=O) groups excluding carboxylic acids is 3. The smallest absolute Gasteiger partial charge is 0.302 e. The summed E-state index contributed by atoms with van der Waals surface area (Å²) in [5, 5.41) is 9.92. The summed E-state index contributed by atoms with van der Waals surface area (Å²) in [7, 11) is 0. The molecule has 0 aromatic rings. The zero-order chi connectivity index (χ0) is 32.4. The molecule has 2 aliphatic rings. The third-order valence-corrected chi connectivity index (χ3v) is 11.6.